The van der Waals surface area contributed by atoms with E-state index in [-0.39, 0.29) is 0 Å². The molecule has 0 spiro atoms. The van der Waals surface area contributed by atoms with Gasteiger partial charge in [0.25, 0.3) is 0 Å². The lowest BCUT2D eigenvalue weighted by Crippen LogP contribution is -2.30. The Morgan fingerprint density at radius 3 is 3.06 bits per heavy atom. The van der Waals surface area contributed by atoms with E-state index in [4.69, 9.17) is 0 Å². The summed E-state index contributed by atoms with van der Waals surface area (Å²) in [4.78, 5) is 8.25. The monoisotopic (exact) mass is 234 g/mol. The van der Waals surface area contributed by atoms with Gasteiger partial charge in [0.15, 0.2) is 0 Å². The number of imidazole rings is 1. The van der Waals surface area contributed by atoms with Gasteiger partial charge in [0, 0.05) is 31.5 Å². The van der Waals surface area contributed by atoms with Crippen LogP contribution in [-0.2, 0) is 19.6 Å². The fraction of sp³-hybridized carbons (Fsp3) is 0.545. The Morgan fingerprint density at radius 1 is 1.47 bits per heavy atom. The zero-order valence-electron chi connectivity index (χ0n) is 10.2. The predicted molar refractivity (Wildman–Crippen MR) is 64.2 cm³/mol. The van der Waals surface area contributed by atoms with E-state index < -0.39 is 0 Å². The first-order valence-corrected chi connectivity index (χ1v) is 5.85. The molecule has 0 saturated carbocycles. The minimum atomic E-state index is 0.367. The molecule has 6 nitrogen and oxygen atoms in total. The van der Waals surface area contributed by atoms with Gasteiger partial charge in [0.05, 0.1) is 12.9 Å². The molecule has 0 saturated heterocycles. The van der Waals surface area contributed by atoms with Crippen LogP contribution in [0.1, 0.15) is 19.7 Å². The highest BCUT2D eigenvalue weighted by Gasteiger charge is 2.06. The minimum absolute atomic E-state index is 0.367. The number of aryl methyl sites for hydroxylation is 1. The van der Waals surface area contributed by atoms with Crippen LogP contribution >= 0.6 is 0 Å². The molecule has 2 heterocycles. The number of aromatic nitrogens is 5. The van der Waals surface area contributed by atoms with E-state index in [9.17, 15) is 0 Å². The topological polar surface area (TPSA) is 60.6 Å². The van der Waals surface area contributed by atoms with Gasteiger partial charge in [-0.1, -0.05) is 0 Å². The molecule has 0 fully saturated rings. The highest BCUT2D eigenvalue weighted by atomic mass is 15.3. The van der Waals surface area contributed by atoms with Crippen molar-refractivity contribution in [2.75, 3.05) is 0 Å². The summed E-state index contributed by atoms with van der Waals surface area (Å²) in [5, 5.41) is 7.56. The second-order valence-electron chi connectivity index (χ2n) is 4.03. The summed E-state index contributed by atoms with van der Waals surface area (Å²) in [6.07, 6.45) is 7.18. The van der Waals surface area contributed by atoms with E-state index in [1.807, 2.05) is 17.2 Å². The lowest BCUT2D eigenvalue weighted by molar-refractivity contribution is 0.458. The predicted octanol–water partition coefficient (Wildman–Crippen LogP) is 0.673. The smallest absolute Gasteiger partial charge is 0.140 e. The second-order valence-corrected chi connectivity index (χ2v) is 4.03. The van der Waals surface area contributed by atoms with Crippen molar-refractivity contribution < 1.29 is 0 Å². The van der Waals surface area contributed by atoms with Crippen LogP contribution in [0.25, 0.3) is 0 Å². The van der Waals surface area contributed by atoms with Crippen LogP contribution in [0.5, 0.6) is 0 Å². The van der Waals surface area contributed by atoms with Gasteiger partial charge in [0.2, 0.25) is 0 Å². The highest BCUT2D eigenvalue weighted by Crippen LogP contribution is 1.96. The van der Waals surface area contributed by atoms with E-state index in [0.717, 1.165) is 25.5 Å². The second kappa shape index (κ2) is 5.58. The third kappa shape index (κ3) is 3.13. The number of hydrogen-bond acceptors (Lipinski definition) is 4. The van der Waals surface area contributed by atoms with Gasteiger partial charge < -0.3 is 9.88 Å². The first kappa shape index (κ1) is 11.8. The largest absolute Gasteiger partial charge is 0.336 e. The summed E-state index contributed by atoms with van der Waals surface area (Å²) in [5.74, 6) is 0.977. The molecule has 0 aliphatic carbocycles. The van der Waals surface area contributed by atoms with Crippen LogP contribution in [0.2, 0.25) is 0 Å². The number of rotatable bonds is 6. The Morgan fingerprint density at radius 2 is 2.35 bits per heavy atom. The van der Waals surface area contributed by atoms with Crippen molar-refractivity contribution in [3.8, 4) is 0 Å². The molecule has 0 amide bonds. The van der Waals surface area contributed by atoms with Crippen molar-refractivity contribution >= 4 is 0 Å². The Hall–Kier alpha value is -1.69. The fourth-order valence-corrected chi connectivity index (χ4v) is 1.73. The average Bonchev–Trinajstić information content (AvgIpc) is 2.96. The summed E-state index contributed by atoms with van der Waals surface area (Å²) in [6, 6.07) is 0.367. The molecule has 1 N–H and O–H groups in total. The first-order chi connectivity index (χ1) is 8.29. The molecule has 17 heavy (non-hydrogen) atoms. The van der Waals surface area contributed by atoms with Crippen LogP contribution in [0.15, 0.2) is 25.0 Å². The molecular weight excluding hydrogens is 216 g/mol. The molecule has 2 rings (SSSR count). The van der Waals surface area contributed by atoms with E-state index in [1.165, 1.54) is 0 Å². The standard InChI is InChI=1S/C11H18N6/c1-3-17-11(14-8-15-17)6-13-10(2)7-16-5-4-12-9-16/h4-5,8-10,13H,3,6-7H2,1-2H3. The molecule has 0 aliphatic rings. The summed E-state index contributed by atoms with van der Waals surface area (Å²) in [7, 11) is 0. The number of nitrogens with one attached hydrogen (secondary N) is 1. The maximum Gasteiger partial charge on any atom is 0.140 e. The van der Waals surface area contributed by atoms with Crippen molar-refractivity contribution in [1.29, 1.82) is 0 Å². The Balaban J connectivity index is 1.82. The number of hydrogen-bond donors (Lipinski definition) is 1. The molecule has 0 aromatic carbocycles. The Labute approximate surface area is 101 Å². The summed E-state index contributed by atoms with van der Waals surface area (Å²) >= 11 is 0. The SMILES string of the molecule is CCn1ncnc1CNC(C)Cn1ccnc1. The van der Waals surface area contributed by atoms with E-state index >= 15 is 0 Å². The third-order valence-electron chi connectivity index (χ3n) is 2.65. The summed E-state index contributed by atoms with van der Waals surface area (Å²) < 4.78 is 3.96. The minimum Gasteiger partial charge on any atom is -0.336 e. The van der Waals surface area contributed by atoms with Gasteiger partial charge in [0.1, 0.15) is 12.2 Å². The molecule has 0 radical (unpaired) electrons. The first-order valence-electron chi connectivity index (χ1n) is 5.85. The third-order valence-corrected chi connectivity index (χ3v) is 2.65. The van der Waals surface area contributed by atoms with Crippen LogP contribution < -0.4 is 5.32 Å². The van der Waals surface area contributed by atoms with Gasteiger partial charge >= 0.3 is 0 Å². The lowest BCUT2D eigenvalue weighted by atomic mass is 10.3. The summed E-state index contributed by atoms with van der Waals surface area (Å²) in [6.45, 7) is 6.70. The van der Waals surface area contributed by atoms with Gasteiger partial charge in [-0.2, -0.15) is 5.10 Å². The summed E-state index contributed by atoms with van der Waals surface area (Å²) in [5.41, 5.74) is 0. The molecule has 92 valence electrons. The van der Waals surface area contributed by atoms with Crippen LogP contribution in [0.3, 0.4) is 0 Å². The molecular formula is C11H18N6. The van der Waals surface area contributed by atoms with Gasteiger partial charge in [-0.25, -0.2) is 14.6 Å². The van der Waals surface area contributed by atoms with E-state index in [1.54, 1.807) is 12.5 Å². The Kier molecular flexibility index (Phi) is 3.87. The molecule has 1 unspecified atom stereocenters. The van der Waals surface area contributed by atoms with Crippen molar-refractivity contribution in [3.63, 3.8) is 0 Å². The quantitative estimate of drug-likeness (QED) is 0.798. The Bertz CT molecular complexity index is 433. The van der Waals surface area contributed by atoms with Gasteiger partial charge in [-0.05, 0) is 13.8 Å². The van der Waals surface area contributed by atoms with Crippen molar-refractivity contribution in [2.24, 2.45) is 0 Å². The average molecular weight is 234 g/mol. The maximum absolute atomic E-state index is 4.23. The van der Waals surface area contributed by atoms with E-state index in [0.29, 0.717) is 6.04 Å². The van der Waals surface area contributed by atoms with Gasteiger partial charge in [-0.3, -0.25) is 0 Å². The molecule has 2 aromatic heterocycles. The highest BCUT2D eigenvalue weighted by molar-refractivity contribution is 4.84. The molecule has 6 heteroatoms. The van der Waals surface area contributed by atoms with E-state index in [2.05, 4.69) is 38.8 Å². The zero-order valence-corrected chi connectivity index (χ0v) is 10.2. The van der Waals surface area contributed by atoms with Crippen molar-refractivity contribution in [1.82, 2.24) is 29.6 Å². The normalized spacial score (nSPS) is 12.8. The molecule has 2 aromatic rings. The fourth-order valence-electron chi connectivity index (χ4n) is 1.73. The van der Waals surface area contributed by atoms with Gasteiger partial charge in [-0.15, -0.1) is 0 Å². The van der Waals surface area contributed by atoms with Crippen LogP contribution in [0, 0.1) is 0 Å². The van der Waals surface area contributed by atoms with Crippen LogP contribution in [-0.4, -0.2) is 30.4 Å². The lowest BCUT2D eigenvalue weighted by Gasteiger charge is -2.14. The van der Waals surface area contributed by atoms with Crippen molar-refractivity contribution in [3.05, 3.63) is 30.9 Å². The zero-order chi connectivity index (χ0) is 12.1. The van der Waals surface area contributed by atoms with Crippen molar-refractivity contribution in [2.45, 2.75) is 39.5 Å². The number of nitrogens with zero attached hydrogens (tertiary/aromatic N) is 5. The molecule has 0 bridgehead atoms. The van der Waals surface area contributed by atoms with Crippen LogP contribution in [0.4, 0.5) is 0 Å². The maximum atomic E-state index is 4.23. The molecule has 0 aliphatic heterocycles. The molecule has 1 atom stereocenters.